The van der Waals surface area contributed by atoms with Crippen LogP contribution in [0, 0.1) is 11.8 Å². The van der Waals surface area contributed by atoms with E-state index in [2.05, 4.69) is 10.4 Å². The second-order valence-corrected chi connectivity index (χ2v) is 5.11. The summed E-state index contributed by atoms with van der Waals surface area (Å²) in [7, 11) is 1.85. The lowest BCUT2D eigenvalue weighted by Crippen LogP contribution is -2.31. The third-order valence-electron chi connectivity index (χ3n) is 3.62. The molecule has 1 aliphatic rings. The maximum Gasteiger partial charge on any atom is 0.306 e. The fourth-order valence-corrected chi connectivity index (χ4v) is 2.52. The van der Waals surface area contributed by atoms with E-state index in [-0.39, 0.29) is 17.7 Å². The van der Waals surface area contributed by atoms with Gasteiger partial charge in [-0.1, -0.05) is 0 Å². The Morgan fingerprint density at radius 2 is 2.21 bits per heavy atom. The number of carboxylic acid groups (broad SMARTS) is 1. The molecule has 19 heavy (non-hydrogen) atoms. The molecule has 2 N–H and O–H groups in total. The fourth-order valence-electron chi connectivity index (χ4n) is 2.52. The zero-order valence-corrected chi connectivity index (χ0v) is 11.0. The highest BCUT2D eigenvalue weighted by atomic mass is 16.4. The smallest absolute Gasteiger partial charge is 0.306 e. The number of aryl methyl sites for hydroxylation is 1. The first kappa shape index (κ1) is 13.6. The van der Waals surface area contributed by atoms with Gasteiger partial charge in [-0.25, -0.2) is 0 Å². The van der Waals surface area contributed by atoms with Gasteiger partial charge in [0.1, 0.15) is 0 Å². The Morgan fingerprint density at radius 3 is 2.79 bits per heavy atom. The molecule has 1 aromatic heterocycles. The van der Waals surface area contributed by atoms with Crippen LogP contribution in [0.3, 0.4) is 0 Å². The minimum absolute atomic E-state index is 0.0207. The molecule has 6 heteroatoms. The largest absolute Gasteiger partial charge is 0.481 e. The number of hydrogen-bond donors (Lipinski definition) is 2. The van der Waals surface area contributed by atoms with Crippen molar-refractivity contribution in [3.05, 3.63) is 18.0 Å². The third kappa shape index (κ3) is 3.56. The molecule has 2 atom stereocenters. The molecule has 0 unspecified atom stereocenters. The van der Waals surface area contributed by atoms with Gasteiger partial charge in [-0.15, -0.1) is 0 Å². The molecular formula is C13H19N3O3. The normalized spacial score (nSPS) is 22.4. The van der Waals surface area contributed by atoms with Gasteiger partial charge in [-0.2, -0.15) is 5.10 Å². The molecule has 1 aromatic rings. The summed E-state index contributed by atoms with van der Waals surface area (Å²) in [6.45, 7) is 0.568. The average Bonchev–Trinajstić information content (AvgIpc) is 2.98. The van der Waals surface area contributed by atoms with Gasteiger partial charge in [-0.3, -0.25) is 14.3 Å². The molecule has 0 bridgehead atoms. The number of nitrogens with zero attached hydrogens (tertiary/aromatic N) is 2. The number of amides is 1. The molecule has 0 radical (unpaired) electrons. The Balaban J connectivity index is 1.72. The Morgan fingerprint density at radius 1 is 1.47 bits per heavy atom. The molecule has 0 aromatic carbocycles. The van der Waals surface area contributed by atoms with E-state index in [9.17, 15) is 9.59 Å². The van der Waals surface area contributed by atoms with Crippen molar-refractivity contribution in [1.29, 1.82) is 0 Å². The van der Waals surface area contributed by atoms with Gasteiger partial charge in [0.2, 0.25) is 5.91 Å². The Labute approximate surface area is 111 Å². The standard InChI is InChI=1S/C13H19N3O3/c1-16-8-9(7-15-16)4-5-14-12(17)10-2-3-11(6-10)13(18)19/h7-8,10-11H,2-6H2,1H3,(H,14,17)(H,18,19)/t10-,11+/m1/s1. The van der Waals surface area contributed by atoms with Gasteiger partial charge < -0.3 is 10.4 Å². The minimum Gasteiger partial charge on any atom is -0.481 e. The van der Waals surface area contributed by atoms with Crippen LogP contribution in [-0.2, 0) is 23.1 Å². The molecule has 1 fully saturated rings. The SMILES string of the molecule is Cn1cc(CCNC(=O)[C@@H]2CC[C@H](C(=O)O)C2)cn1. The highest BCUT2D eigenvalue weighted by Crippen LogP contribution is 2.30. The molecule has 2 rings (SSSR count). The van der Waals surface area contributed by atoms with Gasteiger partial charge in [0, 0.05) is 25.7 Å². The van der Waals surface area contributed by atoms with Crippen LogP contribution in [0.15, 0.2) is 12.4 Å². The topological polar surface area (TPSA) is 84.2 Å². The first-order valence-electron chi connectivity index (χ1n) is 6.54. The molecule has 1 saturated carbocycles. The molecule has 1 amide bonds. The first-order valence-corrected chi connectivity index (χ1v) is 6.54. The van der Waals surface area contributed by atoms with Crippen LogP contribution >= 0.6 is 0 Å². The van der Waals surface area contributed by atoms with Gasteiger partial charge in [0.25, 0.3) is 0 Å². The fraction of sp³-hybridized carbons (Fsp3) is 0.615. The van der Waals surface area contributed by atoms with E-state index in [1.165, 1.54) is 0 Å². The number of hydrogen-bond acceptors (Lipinski definition) is 3. The monoisotopic (exact) mass is 265 g/mol. The summed E-state index contributed by atoms with van der Waals surface area (Å²) in [6, 6.07) is 0. The zero-order valence-electron chi connectivity index (χ0n) is 11.0. The molecule has 0 spiro atoms. The van der Waals surface area contributed by atoms with Crippen molar-refractivity contribution in [2.45, 2.75) is 25.7 Å². The van der Waals surface area contributed by atoms with Crippen molar-refractivity contribution >= 4 is 11.9 Å². The lowest BCUT2D eigenvalue weighted by Gasteiger charge is -2.10. The second kappa shape index (κ2) is 5.86. The number of carbonyl (C=O) groups excluding carboxylic acids is 1. The summed E-state index contributed by atoms with van der Waals surface area (Å²) in [5.74, 6) is -1.30. The maximum atomic E-state index is 11.9. The highest BCUT2D eigenvalue weighted by Gasteiger charge is 2.33. The van der Waals surface area contributed by atoms with Crippen LogP contribution in [0.1, 0.15) is 24.8 Å². The number of carbonyl (C=O) groups is 2. The lowest BCUT2D eigenvalue weighted by molar-refractivity contribution is -0.141. The highest BCUT2D eigenvalue weighted by molar-refractivity contribution is 5.80. The van der Waals surface area contributed by atoms with E-state index in [0.29, 0.717) is 25.8 Å². The van der Waals surface area contributed by atoms with E-state index >= 15 is 0 Å². The summed E-state index contributed by atoms with van der Waals surface area (Å²) in [5, 5.41) is 15.8. The first-order chi connectivity index (χ1) is 9.06. The molecule has 0 aliphatic heterocycles. The van der Waals surface area contributed by atoms with Crippen LogP contribution in [0.2, 0.25) is 0 Å². The Bertz CT molecular complexity index is 469. The number of aromatic nitrogens is 2. The van der Waals surface area contributed by atoms with Crippen molar-refractivity contribution in [3.63, 3.8) is 0 Å². The van der Waals surface area contributed by atoms with Crippen LogP contribution < -0.4 is 5.32 Å². The molecule has 6 nitrogen and oxygen atoms in total. The number of aliphatic carboxylic acids is 1. The molecule has 104 valence electrons. The van der Waals surface area contributed by atoms with Crippen LogP contribution in [-0.4, -0.2) is 33.3 Å². The predicted octanol–water partition coefficient (Wildman–Crippen LogP) is 0.580. The van der Waals surface area contributed by atoms with Gasteiger partial charge in [-0.05, 0) is 31.2 Å². The average molecular weight is 265 g/mol. The number of nitrogens with one attached hydrogen (secondary N) is 1. The number of carboxylic acids is 1. The van der Waals surface area contributed by atoms with E-state index in [1.54, 1.807) is 10.9 Å². The third-order valence-corrected chi connectivity index (χ3v) is 3.62. The predicted molar refractivity (Wildman–Crippen MR) is 68.4 cm³/mol. The van der Waals surface area contributed by atoms with Crippen molar-refractivity contribution in [2.75, 3.05) is 6.54 Å². The van der Waals surface area contributed by atoms with Crippen molar-refractivity contribution in [3.8, 4) is 0 Å². The van der Waals surface area contributed by atoms with Gasteiger partial charge >= 0.3 is 5.97 Å². The molecule has 0 saturated heterocycles. The maximum absolute atomic E-state index is 11.9. The Kier molecular flexibility index (Phi) is 4.19. The quantitative estimate of drug-likeness (QED) is 0.815. The second-order valence-electron chi connectivity index (χ2n) is 5.11. The van der Waals surface area contributed by atoms with E-state index in [0.717, 1.165) is 12.0 Å². The molecule has 1 heterocycles. The van der Waals surface area contributed by atoms with Crippen LogP contribution in [0.5, 0.6) is 0 Å². The lowest BCUT2D eigenvalue weighted by atomic mass is 10.0. The Hall–Kier alpha value is -1.85. The van der Waals surface area contributed by atoms with Gasteiger partial charge in [0.05, 0.1) is 12.1 Å². The van der Waals surface area contributed by atoms with Crippen LogP contribution in [0.25, 0.3) is 0 Å². The zero-order chi connectivity index (χ0) is 13.8. The summed E-state index contributed by atoms with van der Waals surface area (Å²) in [5.41, 5.74) is 1.08. The summed E-state index contributed by atoms with van der Waals surface area (Å²) < 4.78 is 1.73. The summed E-state index contributed by atoms with van der Waals surface area (Å²) in [6.07, 6.45) is 6.19. The van der Waals surface area contributed by atoms with E-state index in [1.807, 2.05) is 13.2 Å². The van der Waals surface area contributed by atoms with Gasteiger partial charge in [0.15, 0.2) is 0 Å². The number of rotatable bonds is 5. The van der Waals surface area contributed by atoms with E-state index < -0.39 is 5.97 Å². The van der Waals surface area contributed by atoms with Crippen LogP contribution in [0.4, 0.5) is 0 Å². The minimum atomic E-state index is -0.786. The van der Waals surface area contributed by atoms with E-state index in [4.69, 9.17) is 5.11 Å². The molecule has 1 aliphatic carbocycles. The molecular weight excluding hydrogens is 246 g/mol. The van der Waals surface area contributed by atoms with Crippen molar-refractivity contribution in [1.82, 2.24) is 15.1 Å². The van der Waals surface area contributed by atoms with Crippen molar-refractivity contribution in [2.24, 2.45) is 18.9 Å². The summed E-state index contributed by atoms with van der Waals surface area (Å²) in [4.78, 5) is 22.7. The van der Waals surface area contributed by atoms with Crippen molar-refractivity contribution < 1.29 is 14.7 Å². The summed E-state index contributed by atoms with van der Waals surface area (Å²) >= 11 is 0.